The number of carbonyl (C=O) groups is 1. The quantitative estimate of drug-likeness (QED) is 0.190. The predicted octanol–water partition coefficient (Wildman–Crippen LogP) is 2.57. The Bertz CT molecular complexity index is 1410. The van der Waals surface area contributed by atoms with E-state index in [9.17, 15) is 18.0 Å². The van der Waals surface area contributed by atoms with Gasteiger partial charge in [0.15, 0.2) is 0 Å². The maximum absolute atomic E-state index is 12.7. The maximum atomic E-state index is 12.7. The van der Waals surface area contributed by atoms with Gasteiger partial charge in [0.05, 0.1) is 69.8 Å². The summed E-state index contributed by atoms with van der Waals surface area (Å²) < 4.78 is 42.3. The third-order valence-corrected chi connectivity index (χ3v) is 8.15. The summed E-state index contributed by atoms with van der Waals surface area (Å²) in [6.07, 6.45) is 0.475. The van der Waals surface area contributed by atoms with E-state index in [2.05, 4.69) is 16.9 Å². The number of quaternary nitrogens is 1. The maximum Gasteiger partial charge on any atom is 0.346 e. The lowest BCUT2D eigenvalue weighted by Gasteiger charge is -2.43. The van der Waals surface area contributed by atoms with Gasteiger partial charge in [0.2, 0.25) is 0 Å². The molecular weight excluding hydrogens is 506 g/mol. The van der Waals surface area contributed by atoms with Gasteiger partial charge in [0, 0.05) is 28.9 Å². The van der Waals surface area contributed by atoms with E-state index in [4.69, 9.17) is 13.7 Å². The predicted molar refractivity (Wildman–Crippen MR) is 138 cm³/mol. The van der Waals surface area contributed by atoms with Gasteiger partial charge in [0.1, 0.15) is 10.6 Å². The Morgan fingerprint density at radius 2 is 2.03 bits per heavy atom. The van der Waals surface area contributed by atoms with Gasteiger partial charge in [-0.2, -0.15) is 8.42 Å². The van der Waals surface area contributed by atoms with Crippen molar-refractivity contribution in [1.29, 1.82) is 0 Å². The van der Waals surface area contributed by atoms with E-state index in [0.29, 0.717) is 41.4 Å². The van der Waals surface area contributed by atoms with Crippen LogP contribution in [-0.2, 0) is 26.1 Å². The van der Waals surface area contributed by atoms with Crippen LogP contribution in [-0.4, -0.2) is 80.5 Å². The molecule has 1 aromatic carbocycles. The highest BCUT2D eigenvalue weighted by Gasteiger charge is 2.29. The first-order chi connectivity index (χ1) is 17.0. The van der Waals surface area contributed by atoms with Gasteiger partial charge >= 0.3 is 11.6 Å². The fourth-order valence-electron chi connectivity index (χ4n) is 4.38. The Morgan fingerprint density at radius 3 is 2.72 bits per heavy atom. The molecule has 4 rings (SSSR count). The molecule has 3 heterocycles. The molecule has 0 atom stereocenters. The molecule has 0 bridgehead atoms. The number of ether oxygens (including phenoxy) is 1. The number of fused-ring (bicyclic) bond motifs is 1. The van der Waals surface area contributed by atoms with Gasteiger partial charge in [0.25, 0.3) is 10.1 Å². The van der Waals surface area contributed by atoms with E-state index in [1.807, 2.05) is 18.2 Å². The second-order valence-corrected chi connectivity index (χ2v) is 11.6. The van der Waals surface area contributed by atoms with Crippen LogP contribution in [0, 0.1) is 0 Å². The molecule has 1 fully saturated rings. The zero-order valence-corrected chi connectivity index (χ0v) is 21.9. The number of aromatic nitrogens is 1. The van der Waals surface area contributed by atoms with E-state index in [-0.39, 0.29) is 18.1 Å². The second-order valence-electron chi connectivity index (χ2n) is 9.21. The van der Waals surface area contributed by atoms with Crippen molar-refractivity contribution in [1.82, 2.24) is 4.98 Å². The van der Waals surface area contributed by atoms with Crippen LogP contribution in [0.15, 0.2) is 38.9 Å². The first kappa shape index (κ1) is 26.3. The summed E-state index contributed by atoms with van der Waals surface area (Å²) in [5.41, 5.74) is 1.86. The van der Waals surface area contributed by atoms with E-state index < -0.39 is 15.7 Å². The molecule has 0 saturated carbocycles. The molecule has 0 spiro atoms. The Balaban J connectivity index is 1.45. The molecule has 12 heteroatoms. The molecule has 0 amide bonds. The Hall–Kier alpha value is -2.80. The molecule has 1 aliphatic heterocycles. The SMILES string of the molecule is CCOC(=O)Cc1csc(-c2cc3ccc(N4CC[N+](C)(CCCS(=O)(=O)O)CC4)cc3oc2=O)n1. The summed E-state index contributed by atoms with van der Waals surface area (Å²) in [7, 11) is -1.84. The van der Waals surface area contributed by atoms with Gasteiger partial charge < -0.3 is 18.5 Å². The zero-order valence-electron chi connectivity index (χ0n) is 20.3. The minimum absolute atomic E-state index is 0.0563. The minimum Gasteiger partial charge on any atom is -0.466 e. The van der Waals surface area contributed by atoms with E-state index in [0.717, 1.165) is 41.7 Å². The number of anilines is 1. The normalized spacial score (nSPS) is 15.8. The summed E-state index contributed by atoms with van der Waals surface area (Å²) in [5.74, 6) is -0.577. The summed E-state index contributed by atoms with van der Waals surface area (Å²) in [6.45, 7) is 5.96. The standard InChI is InChI=1S/C24H29N3O7S2/c1-3-33-22(28)14-18-16-35-23(25-18)20-13-17-5-6-19(15-21(17)34-24(20)29)26-7-10-27(2,11-8-26)9-4-12-36(30,31)32/h5-6,13,15-16H,3-4,7-12,14H2,1-2H3/p+1. The smallest absolute Gasteiger partial charge is 0.346 e. The Kier molecular flexibility index (Phi) is 7.79. The average molecular weight is 537 g/mol. The average Bonchev–Trinajstić information content (AvgIpc) is 3.26. The number of esters is 1. The summed E-state index contributed by atoms with van der Waals surface area (Å²) in [4.78, 5) is 31.1. The number of benzene rings is 1. The first-order valence-electron chi connectivity index (χ1n) is 11.8. The molecule has 3 aromatic rings. The highest BCUT2D eigenvalue weighted by molar-refractivity contribution is 7.85. The van der Waals surface area contributed by atoms with Crippen LogP contribution < -0.4 is 10.5 Å². The van der Waals surface area contributed by atoms with Gasteiger partial charge in [-0.15, -0.1) is 11.3 Å². The number of rotatable bonds is 9. The molecule has 1 saturated heterocycles. The lowest BCUT2D eigenvalue weighted by Crippen LogP contribution is -2.57. The third kappa shape index (κ3) is 6.49. The molecule has 2 aromatic heterocycles. The van der Waals surface area contributed by atoms with Crippen LogP contribution in [0.25, 0.3) is 21.5 Å². The highest BCUT2D eigenvalue weighted by atomic mass is 32.2. The molecule has 194 valence electrons. The fourth-order valence-corrected chi connectivity index (χ4v) is 5.69. The topological polar surface area (TPSA) is 127 Å². The lowest BCUT2D eigenvalue weighted by atomic mass is 10.1. The van der Waals surface area contributed by atoms with E-state index in [1.54, 1.807) is 18.4 Å². The van der Waals surface area contributed by atoms with Gasteiger partial charge in [-0.25, -0.2) is 9.78 Å². The number of thiazole rings is 1. The Labute approximate surface area is 213 Å². The van der Waals surface area contributed by atoms with Crippen molar-refractivity contribution in [2.45, 2.75) is 19.8 Å². The van der Waals surface area contributed by atoms with Gasteiger partial charge in [-0.05, 0) is 25.1 Å². The van der Waals surface area contributed by atoms with Gasteiger partial charge in [-0.1, -0.05) is 0 Å². The summed E-state index contributed by atoms with van der Waals surface area (Å²) in [5, 5.41) is 3.01. The monoisotopic (exact) mass is 536 g/mol. The third-order valence-electron chi connectivity index (χ3n) is 6.42. The van der Waals surface area contributed by atoms with Gasteiger partial charge in [-0.3, -0.25) is 9.35 Å². The number of hydrogen-bond acceptors (Lipinski definition) is 9. The van der Waals surface area contributed by atoms with Crippen LogP contribution in [0.5, 0.6) is 0 Å². The number of hydrogen-bond donors (Lipinski definition) is 1. The van der Waals surface area contributed by atoms with Crippen molar-refractivity contribution in [3.63, 3.8) is 0 Å². The number of nitrogens with zero attached hydrogens (tertiary/aromatic N) is 3. The van der Waals surface area contributed by atoms with Crippen molar-refractivity contribution in [3.8, 4) is 10.6 Å². The van der Waals surface area contributed by atoms with Crippen molar-refractivity contribution < 1.29 is 31.4 Å². The van der Waals surface area contributed by atoms with Crippen molar-refractivity contribution in [2.24, 2.45) is 0 Å². The van der Waals surface area contributed by atoms with Crippen molar-refractivity contribution in [2.75, 3.05) is 57.0 Å². The fraction of sp³-hybridized carbons (Fsp3) is 0.458. The first-order valence-corrected chi connectivity index (χ1v) is 14.3. The van der Waals surface area contributed by atoms with Crippen LogP contribution in [0.4, 0.5) is 5.69 Å². The van der Waals surface area contributed by atoms with E-state index >= 15 is 0 Å². The summed E-state index contributed by atoms with van der Waals surface area (Å²) >= 11 is 1.28. The van der Waals surface area contributed by atoms with Crippen molar-refractivity contribution >= 4 is 44.1 Å². The van der Waals surface area contributed by atoms with Crippen molar-refractivity contribution in [3.05, 3.63) is 45.8 Å². The second kappa shape index (κ2) is 10.7. The van der Waals surface area contributed by atoms with Crippen LogP contribution in [0.1, 0.15) is 19.0 Å². The minimum atomic E-state index is -3.93. The number of carbonyl (C=O) groups excluding carboxylic acids is 1. The molecule has 0 aliphatic carbocycles. The van der Waals surface area contributed by atoms with E-state index in [1.165, 1.54) is 11.3 Å². The van der Waals surface area contributed by atoms with Crippen LogP contribution in [0.2, 0.25) is 0 Å². The zero-order chi connectivity index (χ0) is 25.9. The molecule has 1 aliphatic rings. The number of likely N-dealkylation sites (N-methyl/N-ethyl adjacent to an activating group) is 1. The molecule has 0 radical (unpaired) electrons. The largest absolute Gasteiger partial charge is 0.466 e. The summed E-state index contributed by atoms with van der Waals surface area (Å²) in [6, 6.07) is 7.53. The molecule has 10 nitrogen and oxygen atoms in total. The van der Waals surface area contributed by atoms with Crippen LogP contribution in [0.3, 0.4) is 0 Å². The molecule has 0 unspecified atom stereocenters. The van der Waals surface area contributed by atoms with Crippen LogP contribution >= 0.6 is 11.3 Å². The molecule has 1 N–H and O–H groups in total. The molecular formula is C24H30N3O7S2+. The highest BCUT2D eigenvalue weighted by Crippen LogP contribution is 2.28. The molecule has 36 heavy (non-hydrogen) atoms. The number of piperazine rings is 1. The lowest BCUT2D eigenvalue weighted by molar-refractivity contribution is -0.910. The Morgan fingerprint density at radius 1 is 1.28 bits per heavy atom.